The molecule has 140 valence electrons. The molecule has 2 aromatic heterocycles. The van der Waals surface area contributed by atoms with Crippen LogP contribution in [0.5, 0.6) is 0 Å². The number of nitrogens with two attached hydrogens (primary N) is 1. The first-order valence-corrected chi connectivity index (χ1v) is 10.8. The standard InChI is InChI=1S/C20H21N3O2S2/c1-12(17(21)24)26-20-22-18-16(14-8-5-9-15(14)27-18)19(25)23(20)11-10-13-6-3-2-4-7-13/h2-4,6-7,12H,5,8-11H2,1H3,(H2,21,24)/t12-/m0/s1. The lowest BCUT2D eigenvalue weighted by atomic mass is 10.1. The zero-order valence-electron chi connectivity index (χ0n) is 15.1. The van der Waals surface area contributed by atoms with Gasteiger partial charge in [0.05, 0.1) is 10.6 Å². The van der Waals surface area contributed by atoms with Crippen molar-refractivity contribution in [3.8, 4) is 0 Å². The zero-order valence-corrected chi connectivity index (χ0v) is 16.7. The number of aryl methyl sites for hydroxylation is 3. The molecule has 0 fully saturated rings. The smallest absolute Gasteiger partial charge is 0.263 e. The molecule has 1 amide bonds. The average Bonchev–Trinajstić information content (AvgIpc) is 3.22. The minimum absolute atomic E-state index is 0.00880. The van der Waals surface area contributed by atoms with E-state index in [0.717, 1.165) is 35.9 Å². The molecule has 0 saturated heterocycles. The molecule has 2 heterocycles. The summed E-state index contributed by atoms with van der Waals surface area (Å²) >= 11 is 2.89. The number of carbonyl (C=O) groups excluding carboxylic acids is 1. The second-order valence-electron chi connectivity index (χ2n) is 6.79. The number of rotatable bonds is 6. The predicted molar refractivity (Wildman–Crippen MR) is 111 cm³/mol. The lowest BCUT2D eigenvalue weighted by Crippen LogP contribution is -2.27. The summed E-state index contributed by atoms with van der Waals surface area (Å²) in [5.41, 5.74) is 7.79. The van der Waals surface area contributed by atoms with Crippen molar-refractivity contribution in [2.24, 2.45) is 5.73 Å². The van der Waals surface area contributed by atoms with Crippen LogP contribution < -0.4 is 11.3 Å². The third kappa shape index (κ3) is 3.53. The second-order valence-corrected chi connectivity index (χ2v) is 9.18. The number of aromatic nitrogens is 2. The van der Waals surface area contributed by atoms with Gasteiger partial charge in [-0.05, 0) is 43.7 Å². The molecule has 5 nitrogen and oxygen atoms in total. The largest absolute Gasteiger partial charge is 0.369 e. The first-order chi connectivity index (χ1) is 13.0. The monoisotopic (exact) mass is 399 g/mol. The van der Waals surface area contributed by atoms with Crippen molar-refractivity contribution in [1.29, 1.82) is 0 Å². The number of carbonyl (C=O) groups is 1. The molecule has 2 N–H and O–H groups in total. The topological polar surface area (TPSA) is 78.0 Å². The van der Waals surface area contributed by atoms with Gasteiger partial charge >= 0.3 is 0 Å². The van der Waals surface area contributed by atoms with Gasteiger partial charge < -0.3 is 5.73 Å². The first kappa shape index (κ1) is 18.3. The normalized spacial score (nSPS) is 14.4. The molecule has 0 radical (unpaired) electrons. The number of thiophene rings is 1. The number of amides is 1. The van der Waals surface area contributed by atoms with Crippen LogP contribution >= 0.6 is 23.1 Å². The van der Waals surface area contributed by atoms with Crippen LogP contribution in [0.25, 0.3) is 10.2 Å². The average molecular weight is 400 g/mol. The number of thioether (sulfide) groups is 1. The Morgan fingerprint density at radius 1 is 1.33 bits per heavy atom. The second kappa shape index (κ2) is 7.48. The number of primary amides is 1. The van der Waals surface area contributed by atoms with E-state index in [2.05, 4.69) is 12.1 Å². The van der Waals surface area contributed by atoms with E-state index in [1.807, 2.05) is 18.2 Å². The van der Waals surface area contributed by atoms with Crippen molar-refractivity contribution in [2.75, 3.05) is 0 Å². The Kier molecular flexibility index (Phi) is 5.06. The number of hydrogen-bond donors (Lipinski definition) is 1. The van der Waals surface area contributed by atoms with Gasteiger partial charge in [0.1, 0.15) is 4.83 Å². The number of hydrogen-bond acceptors (Lipinski definition) is 5. The van der Waals surface area contributed by atoms with Crippen molar-refractivity contribution < 1.29 is 4.79 Å². The minimum atomic E-state index is -0.441. The molecule has 3 aromatic rings. The van der Waals surface area contributed by atoms with Crippen molar-refractivity contribution in [3.05, 3.63) is 56.7 Å². The van der Waals surface area contributed by atoms with Gasteiger partial charge in [0.25, 0.3) is 5.56 Å². The van der Waals surface area contributed by atoms with Crippen LogP contribution in [0.1, 0.15) is 29.3 Å². The summed E-state index contributed by atoms with van der Waals surface area (Å²) in [6.45, 7) is 2.28. The maximum absolute atomic E-state index is 13.3. The molecule has 0 bridgehead atoms. The number of nitrogens with zero attached hydrogens (tertiary/aromatic N) is 2. The summed E-state index contributed by atoms with van der Waals surface area (Å²) < 4.78 is 1.73. The lowest BCUT2D eigenvalue weighted by molar-refractivity contribution is -0.117. The summed E-state index contributed by atoms with van der Waals surface area (Å²) in [6, 6.07) is 10.1. The summed E-state index contributed by atoms with van der Waals surface area (Å²) in [6.07, 6.45) is 3.82. The van der Waals surface area contributed by atoms with Gasteiger partial charge in [-0.25, -0.2) is 4.98 Å². The number of fused-ring (bicyclic) bond motifs is 3. The molecule has 1 aromatic carbocycles. The highest BCUT2D eigenvalue weighted by molar-refractivity contribution is 8.00. The summed E-state index contributed by atoms with van der Waals surface area (Å²) in [5.74, 6) is -0.405. The van der Waals surface area contributed by atoms with Crippen molar-refractivity contribution in [2.45, 2.75) is 49.6 Å². The number of benzene rings is 1. The van der Waals surface area contributed by atoms with Crippen LogP contribution in [0.4, 0.5) is 0 Å². The quantitative estimate of drug-likeness (QED) is 0.510. The molecule has 1 aliphatic rings. The van der Waals surface area contributed by atoms with Crippen LogP contribution in [0.2, 0.25) is 0 Å². The predicted octanol–water partition coefficient (Wildman–Crippen LogP) is 3.16. The fourth-order valence-corrected chi connectivity index (χ4v) is 5.63. The van der Waals surface area contributed by atoms with Crippen molar-refractivity contribution >= 4 is 39.2 Å². The lowest BCUT2D eigenvalue weighted by Gasteiger charge is -2.14. The van der Waals surface area contributed by atoms with E-state index in [1.165, 1.54) is 27.8 Å². The highest BCUT2D eigenvalue weighted by atomic mass is 32.2. The Labute approximate surface area is 165 Å². The Morgan fingerprint density at radius 2 is 2.11 bits per heavy atom. The molecular weight excluding hydrogens is 378 g/mol. The minimum Gasteiger partial charge on any atom is -0.369 e. The van der Waals surface area contributed by atoms with Gasteiger partial charge in [0.15, 0.2) is 5.16 Å². The SMILES string of the molecule is C[C@H](Sc1nc2sc3c(c2c(=O)n1CCc1ccccc1)CCC3)C(N)=O. The van der Waals surface area contributed by atoms with Crippen LogP contribution in [-0.4, -0.2) is 20.7 Å². The summed E-state index contributed by atoms with van der Waals surface area (Å²) in [4.78, 5) is 31.7. The van der Waals surface area contributed by atoms with Gasteiger partial charge in [-0.2, -0.15) is 0 Å². The third-order valence-corrected chi connectivity index (χ3v) is 7.23. The molecule has 0 unspecified atom stereocenters. The van der Waals surface area contributed by atoms with E-state index in [4.69, 9.17) is 10.7 Å². The van der Waals surface area contributed by atoms with E-state index in [9.17, 15) is 9.59 Å². The van der Waals surface area contributed by atoms with E-state index in [0.29, 0.717) is 11.7 Å². The van der Waals surface area contributed by atoms with Gasteiger partial charge in [0, 0.05) is 11.4 Å². The Hall–Kier alpha value is -2.12. The highest BCUT2D eigenvalue weighted by Gasteiger charge is 2.24. The first-order valence-electron chi connectivity index (χ1n) is 9.09. The summed E-state index contributed by atoms with van der Waals surface area (Å²) in [5, 5.41) is 0.912. The maximum Gasteiger partial charge on any atom is 0.263 e. The Bertz CT molecular complexity index is 1060. The van der Waals surface area contributed by atoms with E-state index >= 15 is 0 Å². The Morgan fingerprint density at radius 3 is 2.85 bits per heavy atom. The van der Waals surface area contributed by atoms with Crippen LogP contribution in [-0.2, 0) is 30.6 Å². The maximum atomic E-state index is 13.3. The van der Waals surface area contributed by atoms with E-state index in [-0.39, 0.29) is 5.56 Å². The van der Waals surface area contributed by atoms with Crippen LogP contribution in [0.3, 0.4) is 0 Å². The zero-order chi connectivity index (χ0) is 19.0. The molecule has 4 rings (SSSR count). The van der Waals surface area contributed by atoms with Crippen molar-refractivity contribution in [3.63, 3.8) is 0 Å². The molecule has 7 heteroatoms. The molecule has 0 saturated carbocycles. The van der Waals surface area contributed by atoms with Crippen LogP contribution in [0.15, 0.2) is 40.3 Å². The highest BCUT2D eigenvalue weighted by Crippen LogP contribution is 2.36. The van der Waals surface area contributed by atoms with Gasteiger partial charge in [0.2, 0.25) is 5.91 Å². The van der Waals surface area contributed by atoms with E-state index in [1.54, 1.807) is 22.8 Å². The molecule has 1 atom stereocenters. The van der Waals surface area contributed by atoms with Crippen LogP contribution in [0, 0.1) is 0 Å². The fraction of sp³-hybridized carbons (Fsp3) is 0.350. The Balaban J connectivity index is 1.78. The fourth-order valence-electron chi connectivity index (χ4n) is 3.45. The molecule has 0 aliphatic heterocycles. The molecule has 0 spiro atoms. The summed E-state index contributed by atoms with van der Waals surface area (Å²) in [7, 11) is 0. The molecular formula is C20H21N3O2S2. The molecule has 1 aliphatic carbocycles. The van der Waals surface area contributed by atoms with Gasteiger partial charge in [-0.3, -0.25) is 14.2 Å². The third-order valence-electron chi connectivity index (χ3n) is 4.94. The molecule has 27 heavy (non-hydrogen) atoms. The van der Waals surface area contributed by atoms with Gasteiger partial charge in [-0.15, -0.1) is 11.3 Å². The van der Waals surface area contributed by atoms with Gasteiger partial charge in [-0.1, -0.05) is 42.1 Å². The van der Waals surface area contributed by atoms with E-state index < -0.39 is 11.2 Å². The van der Waals surface area contributed by atoms with Crippen molar-refractivity contribution in [1.82, 2.24) is 9.55 Å².